The highest BCUT2D eigenvalue weighted by atomic mass is 127. The first-order chi connectivity index (χ1) is 4.79. The summed E-state index contributed by atoms with van der Waals surface area (Å²) >= 11 is 2.35. The van der Waals surface area contributed by atoms with Crippen LogP contribution in [0.1, 0.15) is 12.8 Å². The predicted octanol–water partition coefficient (Wildman–Crippen LogP) is 0.564. The molecule has 0 bridgehead atoms. The van der Waals surface area contributed by atoms with Crippen molar-refractivity contribution in [3.63, 3.8) is 0 Å². The fraction of sp³-hybridized carbons (Fsp3) is 1.00. The monoisotopic (exact) mass is 253 g/mol. The lowest BCUT2D eigenvalue weighted by Gasteiger charge is -2.51. The van der Waals surface area contributed by atoms with E-state index in [2.05, 4.69) is 26.0 Å². The van der Waals surface area contributed by atoms with Crippen LogP contribution in [0.4, 0.5) is 0 Å². The maximum Gasteiger partial charge on any atom is 0.0883 e. The molecule has 4 heteroatoms. The van der Waals surface area contributed by atoms with E-state index in [1.807, 2.05) is 5.01 Å². The Morgan fingerprint density at radius 1 is 1.50 bits per heavy atom. The van der Waals surface area contributed by atoms with Crippen molar-refractivity contribution < 1.29 is 0 Å². The van der Waals surface area contributed by atoms with E-state index >= 15 is 0 Å². The van der Waals surface area contributed by atoms with Gasteiger partial charge in [0.15, 0.2) is 0 Å². The zero-order valence-corrected chi connectivity index (χ0v) is 7.99. The molecule has 2 aliphatic rings. The molecule has 0 radical (unpaired) electrons. The molecule has 2 rings (SSSR count). The van der Waals surface area contributed by atoms with E-state index in [4.69, 9.17) is 5.84 Å². The molecular formula is C6H12IN3. The quantitative estimate of drug-likeness (QED) is 0.389. The van der Waals surface area contributed by atoms with Crippen LogP contribution in [-0.2, 0) is 0 Å². The van der Waals surface area contributed by atoms with E-state index in [1.165, 1.54) is 19.4 Å². The van der Waals surface area contributed by atoms with E-state index in [0.717, 1.165) is 12.5 Å². The number of nitrogens with zero attached hydrogens (tertiary/aromatic N) is 2. The van der Waals surface area contributed by atoms with Crippen LogP contribution in [0.15, 0.2) is 0 Å². The van der Waals surface area contributed by atoms with Crippen LogP contribution in [0.2, 0.25) is 0 Å². The second-order valence-corrected chi connectivity index (χ2v) is 4.38. The Morgan fingerprint density at radius 3 is 2.80 bits per heavy atom. The summed E-state index contributed by atoms with van der Waals surface area (Å²) in [5, 5.41) is 1.98. The summed E-state index contributed by atoms with van der Waals surface area (Å²) in [6.45, 7) is 2.31. The molecule has 0 spiro atoms. The third-order valence-electron chi connectivity index (χ3n) is 2.45. The number of hydrogen-bond acceptors (Lipinski definition) is 3. The van der Waals surface area contributed by atoms with E-state index in [9.17, 15) is 0 Å². The summed E-state index contributed by atoms with van der Waals surface area (Å²) in [6, 6.07) is 0. The van der Waals surface area contributed by atoms with Crippen molar-refractivity contribution in [2.45, 2.75) is 19.0 Å². The van der Waals surface area contributed by atoms with Crippen LogP contribution < -0.4 is 5.84 Å². The van der Waals surface area contributed by atoms with Gasteiger partial charge in [-0.2, -0.15) is 0 Å². The molecule has 0 aliphatic carbocycles. The lowest BCUT2D eigenvalue weighted by Crippen LogP contribution is -2.64. The lowest BCUT2D eigenvalue weighted by atomic mass is 9.89. The highest BCUT2D eigenvalue weighted by Gasteiger charge is 2.42. The third kappa shape index (κ3) is 0.975. The van der Waals surface area contributed by atoms with Gasteiger partial charge in [-0.15, -0.1) is 0 Å². The summed E-state index contributed by atoms with van der Waals surface area (Å²) in [5.41, 5.74) is 0. The minimum atomic E-state index is 0.550. The Bertz CT molecular complexity index is 132. The van der Waals surface area contributed by atoms with Gasteiger partial charge < -0.3 is 0 Å². The third-order valence-corrected chi connectivity index (χ3v) is 3.41. The van der Waals surface area contributed by atoms with Gasteiger partial charge in [-0.3, -0.25) is 5.84 Å². The molecule has 3 nitrogen and oxygen atoms in total. The molecule has 0 aromatic rings. The van der Waals surface area contributed by atoms with Gasteiger partial charge in [0.25, 0.3) is 0 Å². The van der Waals surface area contributed by atoms with Gasteiger partial charge in [-0.05, 0) is 12.8 Å². The maximum absolute atomic E-state index is 5.80. The molecule has 0 amide bonds. The van der Waals surface area contributed by atoms with Gasteiger partial charge >= 0.3 is 0 Å². The van der Waals surface area contributed by atoms with E-state index in [-0.39, 0.29) is 0 Å². The highest BCUT2D eigenvalue weighted by molar-refractivity contribution is 14.1. The first kappa shape index (κ1) is 7.27. The largest absolute Gasteiger partial charge is 0.267 e. The van der Waals surface area contributed by atoms with Gasteiger partial charge in [0.05, 0.1) is 6.17 Å². The zero-order valence-electron chi connectivity index (χ0n) is 5.83. The van der Waals surface area contributed by atoms with Crippen molar-refractivity contribution in [1.82, 2.24) is 8.12 Å². The number of hydrazine groups is 1. The summed E-state index contributed by atoms with van der Waals surface area (Å²) in [7, 11) is 0. The topological polar surface area (TPSA) is 32.5 Å². The van der Waals surface area contributed by atoms with Crippen LogP contribution in [0.5, 0.6) is 0 Å². The van der Waals surface area contributed by atoms with Crippen molar-refractivity contribution in [2.24, 2.45) is 11.8 Å². The van der Waals surface area contributed by atoms with E-state index in [1.54, 1.807) is 0 Å². The molecule has 0 aromatic heterocycles. The number of halogens is 1. The molecule has 2 aliphatic heterocycles. The van der Waals surface area contributed by atoms with Gasteiger partial charge in [0, 0.05) is 41.9 Å². The van der Waals surface area contributed by atoms with Crippen LogP contribution in [-0.4, -0.2) is 27.4 Å². The standard InChI is InChI=1S/C6H12IN3/c7-9-4-5-2-1-3-10(8)6(5)9/h5-6H,1-4,8H2. The second kappa shape index (κ2) is 2.58. The molecule has 2 saturated heterocycles. The summed E-state index contributed by atoms with van der Waals surface area (Å²) in [5.74, 6) is 6.65. The Morgan fingerprint density at radius 2 is 2.30 bits per heavy atom. The molecule has 2 unspecified atom stereocenters. The number of fused-ring (bicyclic) bond motifs is 1. The number of rotatable bonds is 0. The zero-order chi connectivity index (χ0) is 7.14. The minimum Gasteiger partial charge on any atom is -0.267 e. The van der Waals surface area contributed by atoms with Crippen molar-refractivity contribution in [3.05, 3.63) is 0 Å². The summed E-state index contributed by atoms with van der Waals surface area (Å²) in [4.78, 5) is 0. The lowest BCUT2D eigenvalue weighted by molar-refractivity contribution is -0.0473. The summed E-state index contributed by atoms with van der Waals surface area (Å²) < 4.78 is 2.29. The Hall–Kier alpha value is 0.610. The molecule has 2 fully saturated rings. The molecule has 0 aromatic carbocycles. The van der Waals surface area contributed by atoms with Crippen LogP contribution in [0, 0.1) is 5.92 Å². The SMILES string of the molecule is NN1CCCC2CN(I)C21. The minimum absolute atomic E-state index is 0.550. The van der Waals surface area contributed by atoms with Gasteiger partial charge in [0.1, 0.15) is 0 Å². The molecule has 2 heterocycles. The Balaban J connectivity index is 2.01. The van der Waals surface area contributed by atoms with Gasteiger partial charge in [-0.1, -0.05) is 0 Å². The van der Waals surface area contributed by atoms with Gasteiger partial charge in [-0.25, -0.2) is 8.12 Å². The van der Waals surface area contributed by atoms with Crippen LogP contribution in [0.3, 0.4) is 0 Å². The first-order valence-electron chi connectivity index (χ1n) is 3.73. The van der Waals surface area contributed by atoms with Crippen LogP contribution in [0.25, 0.3) is 0 Å². The average Bonchev–Trinajstić information content (AvgIpc) is 1.85. The molecule has 2 atom stereocenters. The van der Waals surface area contributed by atoms with E-state index in [0.29, 0.717) is 6.17 Å². The highest BCUT2D eigenvalue weighted by Crippen LogP contribution is 2.35. The Labute approximate surface area is 75.0 Å². The van der Waals surface area contributed by atoms with Crippen molar-refractivity contribution >= 4 is 22.9 Å². The predicted molar refractivity (Wildman–Crippen MR) is 48.1 cm³/mol. The van der Waals surface area contributed by atoms with Crippen molar-refractivity contribution in [2.75, 3.05) is 13.1 Å². The smallest absolute Gasteiger partial charge is 0.0883 e. The number of nitrogens with two attached hydrogens (primary N) is 1. The molecule has 10 heavy (non-hydrogen) atoms. The Kier molecular flexibility index (Phi) is 1.88. The average molecular weight is 253 g/mol. The molecular weight excluding hydrogens is 241 g/mol. The molecule has 58 valence electrons. The molecule has 2 N–H and O–H groups in total. The fourth-order valence-corrected chi connectivity index (χ4v) is 3.14. The number of piperidine rings is 1. The maximum atomic E-state index is 5.80. The van der Waals surface area contributed by atoms with Crippen LogP contribution >= 0.6 is 22.9 Å². The van der Waals surface area contributed by atoms with Crippen molar-refractivity contribution in [3.8, 4) is 0 Å². The normalized spacial score (nSPS) is 42.6. The van der Waals surface area contributed by atoms with E-state index < -0.39 is 0 Å². The molecule has 0 saturated carbocycles. The first-order valence-corrected chi connectivity index (χ1v) is 4.69. The fourth-order valence-electron chi connectivity index (χ4n) is 1.86. The second-order valence-electron chi connectivity index (χ2n) is 3.14. The van der Waals surface area contributed by atoms with Gasteiger partial charge in [0.2, 0.25) is 0 Å². The summed E-state index contributed by atoms with van der Waals surface area (Å²) in [6.07, 6.45) is 3.20. The van der Waals surface area contributed by atoms with Crippen molar-refractivity contribution in [1.29, 1.82) is 0 Å². The number of hydrogen-bond donors (Lipinski definition) is 1.